The van der Waals surface area contributed by atoms with E-state index in [1.807, 2.05) is 43.3 Å². The van der Waals surface area contributed by atoms with E-state index in [2.05, 4.69) is 4.98 Å². The third-order valence-electron chi connectivity index (χ3n) is 5.44. The number of benzene rings is 2. The Kier molecular flexibility index (Phi) is 4.40. The lowest BCUT2D eigenvalue weighted by molar-refractivity contribution is 0.0714. The second-order valence-electron chi connectivity index (χ2n) is 7.38. The van der Waals surface area contributed by atoms with Gasteiger partial charge in [-0.15, -0.1) is 0 Å². The highest BCUT2D eigenvalue weighted by atomic mass is 35.5. The maximum atomic E-state index is 13.5. The fraction of sp³-hybridized carbons (Fsp3) is 0.125. The summed E-state index contributed by atoms with van der Waals surface area (Å²) in [7, 11) is 0. The molecule has 2 aromatic carbocycles. The normalized spacial score (nSPS) is 15.6. The first-order valence-electron chi connectivity index (χ1n) is 9.56. The average molecular weight is 417 g/mol. The zero-order valence-corrected chi connectivity index (χ0v) is 16.9. The average Bonchev–Trinajstić information content (AvgIpc) is 3.03. The monoisotopic (exact) mass is 416 g/mol. The molecular formula is C24H17ClN2O3. The number of pyridine rings is 1. The quantitative estimate of drug-likeness (QED) is 0.476. The van der Waals surface area contributed by atoms with E-state index in [1.54, 1.807) is 35.5 Å². The Hall–Kier alpha value is -3.44. The molecule has 0 spiro atoms. The molecule has 1 aliphatic rings. The molecule has 5 nitrogen and oxygen atoms in total. The van der Waals surface area contributed by atoms with Crippen LogP contribution < -0.4 is 5.43 Å². The van der Waals surface area contributed by atoms with Crippen molar-refractivity contribution in [2.45, 2.75) is 19.5 Å². The number of carbonyl (C=O) groups excluding carboxylic acids is 1. The standard InChI is InChI=1S/C24H17ClN2O3/c1-14-10-19-17(11-18(14)25)22(28)20-21(16-8-5-9-26-12-16)27(24(29)23(20)30-19)13-15-6-3-2-4-7-15/h2-12,21H,13H2,1H3. The molecule has 0 saturated heterocycles. The minimum Gasteiger partial charge on any atom is -0.450 e. The predicted octanol–water partition coefficient (Wildman–Crippen LogP) is 4.90. The Balaban J connectivity index is 1.75. The van der Waals surface area contributed by atoms with Gasteiger partial charge in [0.1, 0.15) is 5.58 Å². The number of hydrogen-bond donors (Lipinski definition) is 0. The van der Waals surface area contributed by atoms with Gasteiger partial charge in [0.2, 0.25) is 5.76 Å². The third-order valence-corrected chi connectivity index (χ3v) is 5.85. The van der Waals surface area contributed by atoms with Crippen molar-refractivity contribution in [3.63, 3.8) is 0 Å². The van der Waals surface area contributed by atoms with Gasteiger partial charge in [-0.3, -0.25) is 14.6 Å². The fourth-order valence-electron chi connectivity index (χ4n) is 3.97. The summed E-state index contributed by atoms with van der Waals surface area (Å²) in [5, 5.41) is 0.853. The SMILES string of the molecule is Cc1cc2oc3c(c(=O)c2cc1Cl)C(c1cccnc1)N(Cc1ccccc1)C3=O. The largest absolute Gasteiger partial charge is 0.450 e. The first-order valence-corrected chi connectivity index (χ1v) is 9.94. The number of amides is 1. The Morgan fingerprint density at radius 3 is 2.63 bits per heavy atom. The molecule has 5 rings (SSSR count). The van der Waals surface area contributed by atoms with Crippen molar-refractivity contribution in [1.29, 1.82) is 0 Å². The molecule has 0 radical (unpaired) electrons. The van der Waals surface area contributed by atoms with Gasteiger partial charge in [-0.1, -0.05) is 48.0 Å². The zero-order chi connectivity index (χ0) is 20.8. The lowest BCUT2D eigenvalue weighted by Gasteiger charge is -2.25. The molecule has 4 aromatic rings. The molecule has 1 amide bonds. The van der Waals surface area contributed by atoms with Gasteiger partial charge >= 0.3 is 0 Å². The number of aromatic nitrogens is 1. The minimum atomic E-state index is -0.581. The van der Waals surface area contributed by atoms with Crippen LogP contribution in [-0.4, -0.2) is 15.8 Å². The predicted molar refractivity (Wildman–Crippen MR) is 115 cm³/mol. The van der Waals surface area contributed by atoms with Crippen molar-refractivity contribution in [3.8, 4) is 0 Å². The summed E-state index contributed by atoms with van der Waals surface area (Å²) in [6.07, 6.45) is 3.34. The highest BCUT2D eigenvalue weighted by molar-refractivity contribution is 6.32. The Bertz CT molecular complexity index is 1330. The summed E-state index contributed by atoms with van der Waals surface area (Å²) in [5.74, 6) is -0.228. The second kappa shape index (κ2) is 7.11. The molecule has 6 heteroatoms. The summed E-state index contributed by atoms with van der Waals surface area (Å²) < 4.78 is 5.98. The molecule has 1 atom stereocenters. The van der Waals surface area contributed by atoms with Gasteiger partial charge in [0.15, 0.2) is 5.43 Å². The van der Waals surface area contributed by atoms with Crippen molar-refractivity contribution < 1.29 is 9.21 Å². The number of rotatable bonds is 3. The summed E-state index contributed by atoms with van der Waals surface area (Å²) in [6.45, 7) is 2.18. The lowest BCUT2D eigenvalue weighted by Crippen LogP contribution is -2.29. The minimum absolute atomic E-state index is 0.0824. The number of halogens is 1. The van der Waals surface area contributed by atoms with Crippen molar-refractivity contribution in [1.82, 2.24) is 9.88 Å². The third kappa shape index (κ3) is 2.90. The summed E-state index contributed by atoms with van der Waals surface area (Å²) in [4.78, 5) is 32.7. The van der Waals surface area contributed by atoms with E-state index in [4.69, 9.17) is 16.0 Å². The zero-order valence-electron chi connectivity index (χ0n) is 16.1. The smallest absolute Gasteiger partial charge is 0.291 e. The van der Waals surface area contributed by atoms with Crippen molar-refractivity contribution in [2.75, 3.05) is 0 Å². The highest BCUT2D eigenvalue weighted by Gasteiger charge is 2.42. The van der Waals surface area contributed by atoms with Crippen molar-refractivity contribution in [2.24, 2.45) is 0 Å². The summed E-state index contributed by atoms with van der Waals surface area (Å²) in [5.41, 5.74) is 2.94. The maximum Gasteiger partial charge on any atom is 0.291 e. The number of nitrogens with zero attached hydrogens (tertiary/aromatic N) is 2. The van der Waals surface area contributed by atoms with E-state index < -0.39 is 6.04 Å². The maximum absolute atomic E-state index is 13.5. The highest BCUT2D eigenvalue weighted by Crippen LogP contribution is 2.39. The van der Waals surface area contributed by atoms with Gasteiger partial charge in [-0.2, -0.15) is 0 Å². The molecule has 0 bridgehead atoms. The van der Waals surface area contributed by atoms with Gasteiger partial charge in [0.25, 0.3) is 5.91 Å². The lowest BCUT2D eigenvalue weighted by atomic mass is 9.99. The van der Waals surface area contributed by atoms with Crippen LogP contribution in [0.3, 0.4) is 0 Å². The Morgan fingerprint density at radius 2 is 1.90 bits per heavy atom. The van der Waals surface area contributed by atoms with Crippen molar-refractivity contribution >= 4 is 28.5 Å². The molecule has 3 heterocycles. The van der Waals surface area contributed by atoms with Gasteiger partial charge in [-0.25, -0.2) is 0 Å². The van der Waals surface area contributed by atoms with Crippen molar-refractivity contribution in [3.05, 3.63) is 110 Å². The molecule has 0 N–H and O–H groups in total. The van der Waals surface area contributed by atoms with Gasteiger partial charge in [0, 0.05) is 24.0 Å². The van der Waals surface area contributed by atoms with Crippen LogP contribution in [0.1, 0.15) is 38.9 Å². The molecule has 148 valence electrons. The Labute approximate surface area is 177 Å². The fourth-order valence-corrected chi connectivity index (χ4v) is 4.13. The summed E-state index contributed by atoms with van der Waals surface area (Å²) >= 11 is 6.26. The van der Waals surface area contributed by atoms with Crippen LogP contribution in [0, 0.1) is 6.92 Å². The van der Waals surface area contributed by atoms with E-state index >= 15 is 0 Å². The van der Waals surface area contributed by atoms with Crippen LogP contribution in [-0.2, 0) is 6.54 Å². The van der Waals surface area contributed by atoms with Crippen LogP contribution in [0.4, 0.5) is 0 Å². The van der Waals surface area contributed by atoms with Crippen LogP contribution in [0.5, 0.6) is 0 Å². The number of aryl methyl sites for hydroxylation is 1. The van der Waals surface area contributed by atoms with Crippen LogP contribution in [0.25, 0.3) is 11.0 Å². The summed E-state index contributed by atoms with van der Waals surface area (Å²) in [6, 6.07) is 16.1. The molecule has 1 aliphatic heterocycles. The van der Waals surface area contributed by atoms with Gasteiger partial charge in [0.05, 0.1) is 17.0 Å². The molecule has 0 aliphatic carbocycles. The number of hydrogen-bond acceptors (Lipinski definition) is 4. The molecule has 0 saturated carbocycles. The van der Waals surface area contributed by atoms with E-state index in [9.17, 15) is 9.59 Å². The van der Waals surface area contributed by atoms with Gasteiger partial charge < -0.3 is 9.32 Å². The topological polar surface area (TPSA) is 63.4 Å². The van der Waals surface area contributed by atoms with E-state index in [1.165, 1.54) is 0 Å². The van der Waals surface area contributed by atoms with E-state index in [0.29, 0.717) is 28.1 Å². The molecule has 1 unspecified atom stereocenters. The van der Waals surface area contributed by atoms with Gasteiger partial charge in [-0.05, 0) is 41.8 Å². The van der Waals surface area contributed by atoms with E-state index in [0.717, 1.165) is 16.7 Å². The number of carbonyl (C=O) groups is 1. The van der Waals surface area contributed by atoms with E-state index in [-0.39, 0.29) is 17.1 Å². The molecule has 0 fully saturated rings. The van der Waals surface area contributed by atoms with Crippen LogP contribution >= 0.6 is 11.6 Å². The molecule has 30 heavy (non-hydrogen) atoms. The second-order valence-corrected chi connectivity index (χ2v) is 7.79. The first kappa shape index (κ1) is 18.6. The first-order chi connectivity index (χ1) is 14.5. The van der Waals surface area contributed by atoms with Crippen LogP contribution in [0.2, 0.25) is 5.02 Å². The molecular weight excluding hydrogens is 400 g/mol. The number of fused-ring (bicyclic) bond motifs is 2. The molecule has 2 aromatic heterocycles. The van der Waals surface area contributed by atoms with Crippen LogP contribution in [0.15, 0.2) is 76.2 Å². The Morgan fingerprint density at radius 1 is 1.10 bits per heavy atom.